The lowest BCUT2D eigenvalue weighted by Crippen LogP contribution is -2.80. The second-order valence-corrected chi connectivity index (χ2v) is 12.9. The van der Waals surface area contributed by atoms with Crippen LogP contribution in [0.15, 0.2) is 24.3 Å². The SMILES string of the molecule is CC[C@@H]1[C@H](O)[C@H](NC)[C@H]2O[C@]3(O)[C@H](O[C@@H]2[C@H]1O)O[C@H](C)C[C@@]3(O)CNCCc1ccc(COP(C)(=O)O)cc1. The highest BCUT2D eigenvalue weighted by molar-refractivity contribution is 7.51. The predicted molar refractivity (Wildman–Crippen MR) is 141 cm³/mol. The Bertz CT molecular complexity index is 1010. The third-order valence-corrected chi connectivity index (χ3v) is 8.74. The first kappa shape index (κ1) is 31.0. The first-order chi connectivity index (χ1) is 18.3. The average Bonchev–Trinajstić information content (AvgIpc) is 2.86. The van der Waals surface area contributed by atoms with E-state index in [9.17, 15) is 29.9 Å². The van der Waals surface area contributed by atoms with Gasteiger partial charge in [0.2, 0.25) is 12.1 Å². The van der Waals surface area contributed by atoms with Crippen LogP contribution in [0.4, 0.5) is 0 Å². The molecule has 1 saturated carbocycles. The zero-order valence-electron chi connectivity index (χ0n) is 22.9. The van der Waals surface area contributed by atoms with Crippen LogP contribution in [0.25, 0.3) is 0 Å². The van der Waals surface area contributed by atoms with Crippen LogP contribution in [-0.2, 0) is 36.3 Å². The standard InChI is InChI=1S/C26H43N2O10P/c1-5-18-20(29)19(27-3)22-23(21(18)30)37-24-26(32,38-22)25(31,12-15(2)36-24)14-28-11-10-16-6-8-17(9-7-16)13-35-39(4,33)34/h6-9,15,18-24,27-32H,5,10-14H2,1-4H3,(H,33,34)/t15-,18-,19+,20+,21+,22-,23-,24+,25-,26-/m1/s1. The lowest BCUT2D eigenvalue weighted by Gasteiger charge is -2.60. The molecule has 7 N–H and O–H groups in total. The molecule has 2 heterocycles. The van der Waals surface area contributed by atoms with Crippen LogP contribution in [0, 0.1) is 5.92 Å². The molecule has 4 rings (SSSR count). The topological polar surface area (TPSA) is 179 Å². The summed E-state index contributed by atoms with van der Waals surface area (Å²) in [6, 6.07) is 6.80. The fourth-order valence-corrected chi connectivity index (χ4v) is 6.37. The van der Waals surface area contributed by atoms with E-state index in [-0.39, 0.29) is 19.6 Å². The molecule has 222 valence electrons. The van der Waals surface area contributed by atoms with Crippen molar-refractivity contribution in [3.63, 3.8) is 0 Å². The van der Waals surface area contributed by atoms with Gasteiger partial charge in [-0.3, -0.25) is 4.57 Å². The van der Waals surface area contributed by atoms with E-state index in [0.717, 1.165) is 17.8 Å². The maximum atomic E-state index is 11.7. The van der Waals surface area contributed by atoms with Gasteiger partial charge in [-0.1, -0.05) is 31.2 Å². The third kappa shape index (κ3) is 6.43. The van der Waals surface area contributed by atoms with Crippen molar-refractivity contribution in [2.75, 3.05) is 26.8 Å². The highest BCUT2D eigenvalue weighted by atomic mass is 31.2. The molecule has 3 fully saturated rings. The minimum absolute atomic E-state index is 0.0183. The zero-order valence-corrected chi connectivity index (χ0v) is 23.8. The molecule has 2 saturated heterocycles. The van der Waals surface area contributed by atoms with E-state index >= 15 is 0 Å². The van der Waals surface area contributed by atoms with Crippen molar-refractivity contribution >= 4 is 7.60 Å². The van der Waals surface area contributed by atoms with E-state index < -0.39 is 67.8 Å². The van der Waals surface area contributed by atoms with E-state index in [4.69, 9.17) is 18.7 Å². The molecule has 12 nitrogen and oxygen atoms in total. The molecule has 1 aliphatic carbocycles. The van der Waals surface area contributed by atoms with Gasteiger partial charge in [0, 0.05) is 25.5 Å². The van der Waals surface area contributed by atoms with Crippen LogP contribution in [0.3, 0.4) is 0 Å². The number of fused-ring (bicyclic) bond motifs is 2. The molecule has 3 aliphatic rings. The Kier molecular flexibility index (Phi) is 9.59. The maximum Gasteiger partial charge on any atom is 0.325 e. The molecular weight excluding hydrogens is 531 g/mol. The van der Waals surface area contributed by atoms with Gasteiger partial charge in [-0.2, -0.15) is 0 Å². The summed E-state index contributed by atoms with van der Waals surface area (Å²) in [5.41, 5.74) is -0.000667. The van der Waals surface area contributed by atoms with Crippen LogP contribution in [0.1, 0.15) is 37.8 Å². The van der Waals surface area contributed by atoms with Gasteiger partial charge in [0.05, 0.1) is 31.0 Å². The van der Waals surface area contributed by atoms with Crippen molar-refractivity contribution in [1.29, 1.82) is 0 Å². The summed E-state index contributed by atoms with van der Waals surface area (Å²) < 4.78 is 34.3. The molecule has 2 aliphatic heterocycles. The third-order valence-electron chi connectivity index (χ3n) is 8.13. The molecule has 0 bridgehead atoms. The summed E-state index contributed by atoms with van der Waals surface area (Å²) >= 11 is 0. The second-order valence-electron chi connectivity index (χ2n) is 11.1. The molecule has 0 amide bonds. The summed E-state index contributed by atoms with van der Waals surface area (Å²) in [6.45, 7) is 5.29. The summed E-state index contributed by atoms with van der Waals surface area (Å²) in [6.07, 6.45) is -4.34. The highest BCUT2D eigenvalue weighted by Crippen LogP contribution is 2.47. The van der Waals surface area contributed by atoms with E-state index in [1.807, 2.05) is 31.2 Å². The Hall–Kier alpha value is -0.990. The van der Waals surface area contributed by atoms with Crippen LogP contribution in [0.2, 0.25) is 0 Å². The molecule has 13 heteroatoms. The van der Waals surface area contributed by atoms with Crippen molar-refractivity contribution < 1.29 is 48.6 Å². The van der Waals surface area contributed by atoms with Gasteiger partial charge in [0.15, 0.2) is 0 Å². The number of likely N-dealkylation sites (N-methyl/N-ethyl adjacent to an activating group) is 1. The van der Waals surface area contributed by atoms with Gasteiger partial charge in [-0.05, 0) is 44.5 Å². The van der Waals surface area contributed by atoms with Crippen molar-refractivity contribution in [2.24, 2.45) is 5.92 Å². The van der Waals surface area contributed by atoms with E-state index in [1.54, 1.807) is 14.0 Å². The predicted octanol–water partition coefficient (Wildman–Crippen LogP) is -0.161. The summed E-state index contributed by atoms with van der Waals surface area (Å²) in [4.78, 5) is 9.28. The van der Waals surface area contributed by atoms with E-state index in [2.05, 4.69) is 10.6 Å². The monoisotopic (exact) mass is 574 g/mol. The van der Waals surface area contributed by atoms with Crippen molar-refractivity contribution in [3.8, 4) is 0 Å². The van der Waals surface area contributed by atoms with Gasteiger partial charge in [0.25, 0.3) is 0 Å². The fourth-order valence-electron chi connectivity index (χ4n) is 5.98. The highest BCUT2D eigenvalue weighted by Gasteiger charge is 2.68. The number of hydrogen-bond acceptors (Lipinski definition) is 11. The average molecular weight is 575 g/mol. The number of aliphatic hydroxyl groups is 4. The fraction of sp³-hybridized carbons (Fsp3) is 0.769. The first-order valence-electron chi connectivity index (χ1n) is 13.5. The number of nitrogens with one attached hydrogen (secondary N) is 2. The molecule has 39 heavy (non-hydrogen) atoms. The minimum Gasteiger partial charge on any atom is -0.391 e. The molecule has 1 unspecified atom stereocenters. The Labute approximate surface area is 229 Å². The molecule has 1 aromatic rings. The smallest absolute Gasteiger partial charge is 0.325 e. The number of ether oxygens (including phenoxy) is 3. The Balaban J connectivity index is 1.41. The van der Waals surface area contributed by atoms with Crippen molar-refractivity contribution in [3.05, 3.63) is 35.4 Å². The Morgan fingerprint density at radius 1 is 1.10 bits per heavy atom. The number of benzene rings is 1. The zero-order chi connectivity index (χ0) is 28.6. The summed E-state index contributed by atoms with van der Waals surface area (Å²) in [7, 11) is -1.88. The van der Waals surface area contributed by atoms with Gasteiger partial charge in [0.1, 0.15) is 17.8 Å². The molecule has 1 aromatic carbocycles. The summed E-state index contributed by atoms with van der Waals surface area (Å²) in [5.74, 6) is -2.70. The van der Waals surface area contributed by atoms with E-state index in [0.29, 0.717) is 19.4 Å². The van der Waals surface area contributed by atoms with Crippen molar-refractivity contribution in [1.82, 2.24) is 10.6 Å². The van der Waals surface area contributed by atoms with Crippen LogP contribution in [0.5, 0.6) is 0 Å². The number of aliphatic hydroxyl groups excluding tert-OH is 2. The van der Waals surface area contributed by atoms with Crippen molar-refractivity contribution in [2.45, 2.75) is 94.0 Å². The largest absolute Gasteiger partial charge is 0.391 e. The molecule has 0 aromatic heterocycles. The second kappa shape index (κ2) is 12.1. The lowest BCUT2D eigenvalue weighted by atomic mass is 9.74. The first-order valence-corrected chi connectivity index (χ1v) is 15.5. The molecule has 11 atom stereocenters. The maximum absolute atomic E-state index is 11.7. The number of rotatable bonds is 10. The van der Waals surface area contributed by atoms with Crippen LogP contribution < -0.4 is 10.6 Å². The van der Waals surface area contributed by atoms with Gasteiger partial charge >= 0.3 is 7.60 Å². The van der Waals surface area contributed by atoms with Crippen LogP contribution >= 0.6 is 7.60 Å². The minimum atomic E-state index is -3.54. The Morgan fingerprint density at radius 3 is 2.38 bits per heavy atom. The Morgan fingerprint density at radius 2 is 1.77 bits per heavy atom. The number of hydrogen-bond donors (Lipinski definition) is 7. The molecule has 0 spiro atoms. The van der Waals surface area contributed by atoms with E-state index in [1.165, 1.54) is 0 Å². The molecule has 0 radical (unpaired) electrons. The van der Waals surface area contributed by atoms with Crippen LogP contribution in [-0.4, -0.2) is 106 Å². The quantitative estimate of drug-likeness (QED) is 0.145. The van der Waals surface area contributed by atoms with Gasteiger partial charge in [-0.25, -0.2) is 0 Å². The normalized spacial score (nSPS) is 41.9. The molecular formula is C26H43N2O10P. The lowest BCUT2D eigenvalue weighted by molar-refractivity contribution is -0.483. The van der Waals surface area contributed by atoms with Gasteiger partial charge < -0.3 is 54.7 Å². The summed E-state index contributed by atoms with van der Waals surface area (Å²) in [5, 5.41) is 51.5. The van der Waals surface area contributed by atoms with Gasteiger partial charge in [-0.15, -0.1) is 0 Å².